The van der Waals surface area contributed by atoms with Gasteiger partial charge in [-0.05, 0) is 53.9 Å². The van der Waals surface area contributed by atoms with Gasteiger partial charge in [0.05, 0.1) is 18.8 Å². The van der Waals surface area contributed by atoms with E-state index in [4.69, 9.17) is 9.47 Å². The highest BCUT2D eigenvalue weighted by Gasteiger charge is 2.39. The Morgan fingerprint density at radius 3 is 2.39 bits per heavy atom. The number of hydrogen-bond acceptors (Lipinski definition) is 4. The number of nitrogens with zero attached hydrogens (tertiary/aromatic N) is 1. The first-order valence-electron chi connectivity index (χ1n) is 10.8. The lowest BCUT2D eigenvalue weighted by Gasteiger charge is -2.10. The van der Waals surface area contributed by atoms with Crippen molar-refractivity contribution in [2.75, 3.05) is 20.3 Å². The topological polar surface area (TPSA) is 61.6 Å². The molecule has 5 nitrogen and oxygen atoms in total. The van der Waals surface area contributed by atoms with Crippen LogP contribution in [0.3, 0.4) is 0 Å². The highest BCUT2D eigenvalue weighted by molar-refractivity contribution is 6.35. The number of ether oxygens (including phenoxy) is 2. The van der Waals surface area contributed by atoms with Crippen molar-refractivity contribution in [1.82, 2.24) is 0 Å². The first-order chi connectivity index (χ1) is 16.0. The zero-order valence-electron chi connectivity index (χ0n) is 18.5. The number of hydrogen-bond donors (Lipinski definition) is 0. The molecule has 0 fully saturated rings. The van der Waals surface area contributed by atoms with Crippen molar-refractivity contribution in [3.8, 4) is 5.75 Å². The summed E-state index contributed by atoms with van der Waals surface area (Å²) in [5.41, 5.74) is 4.34. The number of hydroxylamine groups is 1. The minimum Gasteiger partial charge on any atom is -0.624 e. The second-order valence-electron chi connectivity index (χ2n) is 7.61. The Hall–Kier alpha value is -3.93. The van der Waals surface area contributed by atoms with Gasteiger partial charge in [0.1, 0.15) is 24.2 Å². The lowest BCUT2D eigenvalue weighted by Crippen LogP contribution is -2.21. The van der Waals surface area contributed by atoms with Crippen LogP contribution in [0.2, 0.25) is 0 Å². The Bertz CT molecular complexity index is 1230. The molecule has 0 atom stereocenters. The normalized spacial score (nSPS) is 14.2. The zero-order chi connectivity index (χ0) is 23.4. The molecule has 4 rings (SSSR count). The van der Waals surface area contributed by atoms with Gasteiger partial charge in [0.15, 0.2) is 0 Å². The molecule has 6 heteroatoms. The van der Waals surface area contributed by atoms with Gasteiger partial charge in [-0.2, -0.15) is 0 Å². The smallest absolute Gasteiger partial charge is 0.345 e. The molecule has 0 heterocycles. The Balaban J connectivity index is 1.69. The van der Waals surface area contributed by atoms with E-state index in [9.17, 15) is 14.4 Å². The molecule has 0 bridgehead atoms. The summed E-state index contributed by atoms with van der Waals surface area (Å²) in [5, 5.41) is 12.6. The van der Waals surface area contributed by atoms with Gasteiger partial charge in [-0.25, -0.2) is 13.9 Å². The Labute approximate surface area is 192 Å². The fourth-order valence-electron chi connectivity index (χ4n) is 3.99. The molecule has 0 saturated carbocycles. The third kappa shape index (κ3) is 4.65. The van der Waals surface area contributed by atoms with Gasteiger partial charge in [-0.3, -0.25) is 0 Å². The Morgan fingerprint density at radius 2 is 1.73 bits per heavy atom. The van der Waals surface area contributed by atoms with Crippen molar-refractivity contribution < 1.29 is 23.4 Å². The minimum absolute atomic E-state index is 0.203. The van der Waals surface area contributed by atoms with Crippen LogP contribution in [0, 0.1) is 11.0 Å². The summed E-state index contributed by atoms with van der Waals surface area (Å²) >= 11 is 0. The molecule has 3 aromatic carbocycles. The number of fused-ring (bicyclic) bond motifs is 1. The van der Waals surface area contributed by atoms with Crippen molar-refractivity contribution in [3.05, 3.63) is 112 Å². The van der Waals surface area contributed by atoms with Crippen LogP contribution < -0.4 is 4.74 Å². The van der Waals surface area contributed by atoms with E-state index in [0.717, 1.165) is 16.7 Å². The van der Waals surface area contributed by atoms with Crippen molar-refractivity contribution >= 4 is 17.3 Å². The molecule has 0 amide bonds. The van der Waals surface area contributed by atoms with Crippen LogP contribution in [0.4, 0.5) is 4.39 Å². The second-order valence-corrected chi connectivity index (χ2v) is 7.61. The molecule has 0 aromatic heterocycles. The summed E-state index contributed by atoms with van der Waals surface area (Å²) in [7, 11) is 1.37. The molecule has 0 saturated heterocycles. The molecule has 1 aliphatic rings. The summed E-state index contributed by atoms with van der Waals surface area (Å²) in [6.45, 7) is 2.32. The summed E-state index contributed by atoms with van der Waals surface area (Å²) < 4.78 is 25.0. The summed E-state index contributed by atoms with van der Waals surface area (Å²) in [6.07, 6.45) is 0.608. The summed E-state index contributed by atoms with van der Waals surface area (Å²) in [6, 6.07) is 21.2. The van der Waals surface area contributed by atoms with Crippen LogP contribution in [0.5, 0.6) is 5.75 Å². The third-order valence-corrected chi connectivity index (χ3v) is 5.43. The number of rotatable bonds is 7. The molecular weight excluding hydrogens is 421 g/mol. The van der Waals surface area contributed by atoms with Crippen LogP contribution in [-0.2, 0) is 16.0 Å². The molecule has 168 valence electrons. The third-order valence-electron chi connectivity index (χ3n) is 5.43. The van der Waals surface area contributed by atoms with Gasteiger partial charge in [0, 0.05) is 12.0 Å². The molecule has 0 radical (unpaired) electrons. The van der Waals surface area contributed by atoms with E-state index in [1.54, 1.807) is 25.1 Å². The van der Waals surface area contributed by atoms with Crippen molar-refractivity contribution in [3.63, 3.8) is 0 Å². The van der Waals surface area contributed by atoms with Gasteiger partial charge in [0.25, 0.3) is 0 Å². The van der Waals surface area contributed by atoms with Crippen molar-refractivity contribution in [2.45, 2.75) is 13.3 Å². The fourth-order valence-corrected chi connectivity index (χ4v) is 3.99. The average Bonchev–Trinajstić information content (AvgIpc) is 3.16. The van der Waals surface area contributed by atoms with E-state index in [1.807, 2.05) is 42.5 Å². The number of halogens is 1. The molecule has 0 spiro atoms. The van der Waals surface area contributed by atoms with Gasteiger partial charge >= 0.3 is 5.97 Å². The van der Waals surface area contributed by atoms with Crippen LogP contribution in [-0.4, -0.2) is 36.7 Å². The largest absolute Gasteiger partial charge is 0.624 e. The Morgan fingerprint density at radius 1 is 1.00 bits per heavy atom. The zero-order valence-corrected chi connectivity index (χ0v) is 18.5. The monoisotopic (exact) mass is 445 g/mol. The van der Waals surface area contributed by atoms with Gasteiger partial charge in [-0.1, -0.05) is 42.5 Å². The molecule has 1 aliphatic carbocycles. The maximum atomic E-state index is 13.1. The first kappa shape index (κ1) is 22.3. The summed E-state index contributed by atoms with van der Waals surface area (Å²) in [5.74, 6) is -0.237. The Kier molecular flexibility index (Phi) is 6.54. The SMILES string of the molecule is CCOC(=O)C1=C(c2ccccc2)c2ccc(OCCc3ccc(F)cc3)cc2/C1=[N+](/C)[O-]. The van der Waals surface area contributed by atoms with Gasteiger partial charge in [-0.15, -0.1) is 0 Å². The predicted molar refractivity (Wildman–Crippen MR) is 125 cm³/mol. The molecule has 3 aromatic rings. The number of carbonyl (C=O) groups is 1. The van der Waals surface area contributed by atoms with Gasteiger partial charge < -0.3 is 14.7 Å². The lowest BCUT2D eigenvalue weighted by atomic mass is 9.97. The van der Waals surface area contributed by atoms with Crippen LogP contribution in [0.1, 0.15) is 29.2 Å². The van der Waals surface area contributed by atoms with Gasteiger partial charge in [0.2, 0.25) is 5.71 Å². The van der Waals surface area contributed by atoms with Crippen LogP contribution in [0.15, 0.2) is 78.4 Å². The maximum absolute atomic E-state index is 13.1. The van der Waals surface area contributed by atoms with E-state index >= 15 is 0 Å². The fraction of sp³-hybridized carbons (Fsp3) is 0.185. The van der Waals surface area contributed by atoms with Crippen molar-refractivity contribution in [2.24, 2.45) is 0 Å². The highest BCUT2D eigenvalue weighted by Crippen LogP contribution is 2.40. The molecule has 0 unspecified atom stereocenters. The number of benzene rings is 3. The molecule has 33 heavy (non-hydrogen) atoms. The molecule has 0 N–H and O–H groups in total. The van der Waals surface area contributed by atoms with E-state index in [0.29, 0.717) is 34.7 Å². The minimum atomic E-state index is -0.538. The summed E-state index contributed by atoms with van der Waals surface area (Å²) in [4.78, 5) is 12.9. The number of esters is 1. The average molecular weight is 445 g/mol. The van der Waals surface area contributed by atoms with E-state index in [-0.39, 0.29) is 23.7 Å². The van der Waals surface area contributed by atoms with Crippen molar-refractivity contribution in [1.29, 1.82) is 0 Å². The second kappa shape index (κ2) is 9.69. The van der Waals surface area contributed by atoms with E-state index < -0.39 is 5.97 Å². The molecule has 0 aliphatic heterocycles. The predicted octanol–water partition coefficient (Wildman–Crippen LogP) is 4.76. The molecular formula is C27H24FNO4. The number of carbonyl (C=O) groups excluding carboxylic acids is 1. The lowest BCUT2D eigenvalue weighted by molar-refractivity contribution is -0.421. The van der Waals surface area contributed by atoms with E-state index in [1.165, 1.54) is 19.2 Å². The standard InChI is InChI=1S/C27H24FNO4/c1-3-32-27(30)25-24(19-7-5-4-6-8-19)22-14-13-21(17-23(22)26(25)29(2)31)33-16-15-18-9-11-20(28)12-10-18/h4-14,17H,3,15-16H2,1-2H3/b29-26+. The maximum Gasteiger partial charge on any atom is 0.345 e. The van der Waals surface area contributed by atoms with Crippen LogP contribution in [0.25, 0.3) is 5.57 Å². The van der Waals surface area contributed by atoms with Crippen LogP contribution >= 0.6 is 0 Å². The quantitative estimate of drug-likeness (QED) is 0.228. The first-order valence-corrected chi connectivity index (χ1v) is 10.8. The van der Waals surface area contributed by atoms with E-state index in [2.05, 4.69) is 0 Å². The highest BCUT2D eigenvalue weighted by atomic mass is 19.1.